The van der Waals surface area contributed by atoms with Gasteiger partial charge in [-0.3, -0.25) is 9.59 Å². The van der Waals surface area contributed by atoms with Crippen molar-refractivity contribution < 1.29 is 24.2 Å². The number of fused-ring (bicyclic) bond motifs is 3. The normalized spacial score (nSPS) is 18.5. The van der Waals surface area contributed by atoms with Crippen LogP contribution in [0.1, 0.15) is 49.1 Å². The van der Waals surface area contributed by atoms with Crippen LogP contribution in [0.3, 0.4) is 0 Å². The zero-order valence-electron chi connectivity index (χ0n) is 18.4. The molecule has 0 saturated heterocycles. The lowest BCUT2D eigenvalue weighted by molar-refractivity contribution is -0.143. The number of benzene rings is 2. The first kappa shape index (κ1) is 21.5. The quantitative estimate of drug-likeness (QED) is 0.543. The molecule has 1 atom stereocenters. The van der Waals surface area contributed by atoms with Crippen molar-refractivity contribution in [2.45, 2.75) is 44.1 Å². The molecular weight excluding hydrogens is 420 g/mol. The number of amides is 2. The van der Waals surface area contributed by atoms with E-state index in [4.69, 9.17) is 4.74 Å². The van der Waals surface area contributed by atoms with E-state index in [0.717, 1.165) is 24.0 Å². The van der Waals surface area contributed by atoms with Gasteiger partial charge in [0.25, 0.3) is 0 Å². The molecule has 2 fully saturated rings. The van der Waals surface area contributed by atoms with E-state index in [9.17, 15) is 19.5 Å². The Balaban J connectivity index is 1.16. The number of carboxylic acids is 1. The summed E-state index contributed by atoms with van der Waals surface area (Å²) in [5.41, 5.74) is 3.84. The van der Waals surface area contributed by atoms with E-state index in [1.54, 1.807) is 0 Å². The summed E-state index contributed by atoms with van der Waals surface area (Å²) in [6.45, 7) is 0.369. The number of hydrogen-bond donors (Lipinski definition) is 3. The fraction of sp³-hybridized carbons (Fsp3) is 0.423. The van der Waals surface area contributed by atoms with E-state index in [0.29, 0.717) is 12.8 Å². The van der Waals surface area contributed by atoms with Gasteiger partial charge in [-0.05, 0) is 53.9 Å². The Labute approximate surface area is 192 Å². The average molecular weight is 449 g/mol. The standard InChI is InChI=1S/C26H28N2O5/c29-23(27-15-26(11-12-26)24(30)31)13-22(16-9-10-16)28-25(32)33-14-21-19-7-3-1-5-17(19)18-6-2-4-8-20(18)21/h1-8,16,21-22H,9-15H2,(H,27,29)(H,28,32)(H,30,31). The first-order valence-corrected chi connectivity index (χ1v) is 11.6. The third-order valence-electron chi connectivity index (χ3n) is 7.17. The van der Waals surface area contributed by atoms with Gasteiger partial charge in [-0.25, -0.2) is 4.79 Å². The molecule has 0 aliphatic heterocycles. The van der Waals surface area contributed by atoms with Crippen molar-refractivity contribution in [3.05, 3.63) is 59.7 Å². The molecule has 7 heteroatoms. The minimum absolute atomic E-state index is 0.0171. The lowest BCUT2D eigenvalue weighted by Crippen LogP contribution is -2.42. The van der Waals surface area contributed by atoms with Crippen molar-refractivity contribution in [3.63, 3.8) is 0 Å². The van der Waals surface area contributed by atoms with Crippen LogP contribution >= 0.6 is 0 Å². The van der Waals surface area contributed by atoms with Crippen LogP contribution in [-0.2, 0) is 14.3 Å². The Morgan fingerprint density at radius 2 is 1.61 bits per heavy atom. The van der Waals surface area contributed by atoms with Crippen LogP contribution in [0.2, 0.25) is 0 Å². The van der Waals surface area contributed by atoms with Gasteiger partial charge >= 0.3 is 12.1 Å². The molecular formula is C26H28N2O5. The number of aliphatic carboxylic acids is 1. The fourth-order valence-corrected chi connectivity index (χ4v) is 4.78. The summed E-state index contributed by atoms with van der Waals surface area (Å²) in [6, 6.07) is 16.0. The average Bonchev–Trinajstić information content (AvgIpc) is 3.73. The molecule has 3 aliphatic carbocycles. The first-order chi connectivity index (χ1) is 16.0. The number of carbonyl (C=O) groups excluding carboxylic acids is 2. The number of carboxylic acid groups (broad SMARTS) is 1. The Hall–Kier alpha value is -3.35. The molecule has 0 aromatic heterocycles. The molecule has 0 bridgehead atoms. The number of nitrogens with one attached hydrogen (secondary N) is 2. The molecule has 172 valence electrons. The Kier molecular flexibility index (Phi) is 5.56. The summed E-state index contributed by atoms with van der Waals surface area (Å²) in [5, 5.41) is 14.9. The van der Waals surface area contributed by atoms with E-state index in [-0.39, 0.29) is 43.4 Å². The van der Waals surface area contributed by atoms with Crippen molar-refractivity contribution in [1.82, 2.24) is 10.6 Å². The predicted octanol–water partition coefficient (Wildman–Crippen LogP) is 3.67. The highest BCUT2D eigenvalue weighted by Gasteiger charge is 2.50. The summed E-state index contributed by atoms with van der Waals surface area (Å²) in [5.74, 6) is -0.862. The summed E-state index contributed by atoms with van der Waals surface area (Å²) in [6.07, 6.45) is 2.70. The highest BCUT2D eigenvalue weighted by Crippen LogP contribution is 2.45. The fourth-order valence-electron chi connectivity index (χ4n) is 4.78. The molecule has 3 N–H and O–H groups in total. The van der Waals surface area contributed by atoms with Gasteiger partial charge in [-0.1, -0.05) is 48.5 Å². The molecule has 5 rings (SSSR count). The molecule has 3 aliphatic rings. The zero-order chi connectivity index (χ0) is 23.0. The van der Waals surface area contributed by atoms with Crippen LogP contribution < -0.4 is 10.6 Å². The minimum Gasteiger partial charge on any atom is -0.481 e. The molecule has 0 heterocycles. The van der Waals surface area contributed by atoms with E-state index < -0.39 is 17.5 Å². The van der Waals surface area contributed by atoms with Crippen LogP contribution in [0.25, 0.3) is 11.1 Å². The SMILES string of the molecule is O=C(CC(NC(=O)OCC1c2ccccc2-c2ccccc21)C1CC1)NCC1(C(=O)O)CC1. The van der Waals surface area contributed by atoms with Gasteiger partial charge in [-0.15, -0.1) is 0 Å². The zero-order valence-corrected chi connectivity index (χ0v) is 18.4. The summed E-state index contributed by atoms with van der Waals surface area (Å²) in [4.78, 5) is 36.3. The van der Waals surface area contributed by atoms with Gasteiger partial charge in [0, 0.05) is 24.9 Å². The lowest BCUT2D eigenvalue weighted by Gasteiger charge is -2.20. The Morgan fingerprint density at radius 3 is 2.15 bits per heavy atom. The van der Waals surface area contributed by atoms with Crippen LogP contribution in [0.15, 0.2) is 48.5 Å². The molecule has 2 aromatic rings. The highest BCUT2D eigenvalue weighted by atomic mass is 16.5. The summed E-state index contributed by atoms with van der Waals surface area (Å²) >= 11 is 0. The van der Waals surface area contributed by atoms with Gasteiger partial charge in [0.15, 0.2) is 0 Å². The van der Waals surface area contributed by atoms with Crippen molar-refractivity contribution >= 4 is 18.0 Å². The van der Waals surface area contributed by atoms with E-state index >= 15 is 0 Å². The van der Waals surface area contributed by atoms with Gasteiger partial charge in [0.1, 0.15) is 6.61 Å². The van der Waals surface area contributed by atoms with Gasteiger partial charge in [0.05, 0.1) is 5.41 Å². The topological polar surface area (TPSA) is 105 Å². The molecule has 2 saturated carbocycles. The number of rotatable bonds is 9. The van der Waals surface area contributed by atoms with E-state index in [2.05, 4.69) is 34.9 Å². The smallest absolute Gasteiger partial charge is 0.407 e. The van der Waals surface area contributed by atoms with Crippen LogP contribution in [0.4, 0.5) is 4.79 Å². The molecule has 2 aromatic carbocycles. The number of ether oxygens (including phenoxy) is 1. The summed E-state index contributed by atoms with van der Waals surface area (Å²) in [7, 11) is 0. The van der Waals surface area contributed by atoms with E-state index in [1.807, 2.05) is 24.3 Å². The maximum Gasteiger partial charge on any atom is 0.407 e. The van der Waals surface area contributed by atoms with Crippen molar-refractivity contribution in [2.24, 2.45) is 11.3 Å². The molecule has 33 heavy (non-hydrogen) atoms. The van der Waals surface area contributed by atoms with Crippen LogP contribution in [-0.4, -0.2) is 42.3 Å². The molecule has 7 nitrogen and oxygen atoms in total. The second-order valence-electron chi connectivity index (χ2n) is 9.48. The van der Waals surface area contributed by atoms with Crippen molar-refractivity contribution in [3.8, 4) is 11.1 Å². The van der Waals surface area contributed by atoms with E-state index in [1.165, 1.54) is 11.1 Å². The van der Waals surface area contributed by atoms with Crippen molar-refractivity contribution in [1.29, 1.82) is 0 Å². The molecule has 0 spiro atoms. The number of hydrogen-bond acceptors (Lipinski definition) is 4. The minimum atomic E-state index is -0.863. The molecule has 2 amide bonds. The largest absolute Gasteiger partial charge is 0.481 e. The highest BCUT2D eigenvalue weighted by molar-refractivity contribution is 5.82. The first-order valence-electron chi connectivity index (χ1n) is 11.6. The lowest BCUT2D eigenvalue weighted by atomic mass is 9.98. The molecule has 1 unspecified atom stereocenters. The number of alkyl carbamates (subject to hydrolysis) is 1. The maximum atomic E-state index is 12.6. The Bertz CT molecular complexity index is 1040. The molecule has 0 radical (unpaired) electrons. The van der Waals surface area contributed by atoms with Gasteiger partial charge in [-0.2, -0.15) is 0 Å². The monoisotopic (exact) mass is 448 g/mol. The second kappa shape index (κ2) is 8.54. The van der Waals surface area contributed by atoms with Gasteiger partial charge < -0.3 is 20.5 Å². The van der Waals surface area contributed by atoms with Crippen molar-refractivity contribution in [2.75, 3.05) is 13.2 Å². The van der Waals surface area contributed by atoms with Crippen LogP contribution in [0, 0.1) is 11.3 Å². The number of carbonyl (C=O) groups is 3. The third kappa shape index (κ3) is 4.45. The Morgan fingerprint density at radius 1 is 1.00 bits per heavy atom. The summed E-state index contributed by atoms with van der Waals surface area (Å²) < 4.78 is 5.63. The van der Waals surface area contributed by atoms with Gasteiger partial charge in [0.2, 0.25) is 5.91 Å². The second-order valence-corrected chi connectivity index (χ2v) is 9.48. The maximum absolute atomic E-state index is 12.6. The predicted molar refractivity (Wildman–Crippen MR) is 122 cm³/mol. The third-order valence-corrected chi connectivity index (χ3v) is 7.17. The van der Waals surface area contributed by atoms with Crippen LogP contribution in [0.5, 0.6) is 0 Å².